The van der Waals surface area contributed by atoms with E-state index in [2.05, 4.69) is 15.5 Å². The van der Waals surface area contributed by atoms with Gasteiger partial charge in [0.05, 0.1) is 5.92 Å². The van der Waals surface area contributed by atoms with Crippen LogP contribution in [0.2, 0.25) is 0 Å². The van der Waals surface area contributed by atoms with Gasteiger partial charge in [-0.1, -0.05) is 17.3 Å². The number of nitrogens with zero attached hydrogens (tertiary/aromatic N) is 3. The van der Waals surface area contributed by atoms with Crippen LogP contribution in [0.15, 0.2) is 28.8 Å². The van der Waals surface area contributed by atoms with Crippen molar-refractivity contribution in [2.24, 2.45) is 5.41 Å². The maximum absolute atomic E-state index is 12.9. The Morgan fingerprint density at radius 1 is 1.31 bits per heavy atom. The molecule has 1 aromatic carbocycles. The van der Waals surface area contributed by atoms with Gasteiger partial charge >= 0.3 is 6.03 Å². The third kappa shape index (κ3) is 3.19. The van der Waals surface area contributed by atoms with Crippen LogP contribution in [0.3, 0.4) is 0 Å². The molecule has 2 saturated heterocycles. The summed E-state index contributed by atoms with van der Waals surface area (Å²) in [5.74, 6) is 1.32. The summed E-state index contributed by atoms with van der Waals surface area (Å²) in [6.07, 6.45) is 1.79. The lowest BCUT2D eigenvalue weighted by atomic mass is 9.72. The lowest BCUT2D eigenvalue weighted by Gasteiger charge is -2.36. The third-order valence-electron chi connectivity index (χ3n) is 5.53. The van der Waals surface area contributed by atoms with Crippen molar-refractivity contribution >= 4 is 11.7 Å². The molecular formula is C19H24N4O3. The lowest BCUT2D eigenvalue weighted by Crippen LogP contribution is -2.38. The fourth-order valence-electron chi connectivity index (χ4n) is 4.13. The van der Waals surface area contributed by atoms with E-state index in [9.17, 15) is 4.79 Å². The van der Waals surface area contributed by atoms with Gasteiger partial charge in [0.15, 0.2) is 5.82 Å². The van der Waals surface area contributed by atoms with Crippen molar-refractivity contribution < 1.29 is 14.1 Å². The van der Waals surface area contributed by atoms with E-state index in [-0.39, 0.29) is 17.4 Å². The molecule has 1 atom stereocenters. The minimum atomic E-state index is -0.0831. The number of hydrogen-bond donors (Lipinski definition) is 1. The Bertz CT molecular complexity index is 798. The highest BCUT2D eigenvalue weighted by Crippen LogP contribution is 2.49. The number of amides is 2. The summed E-state index contributed by atoms with van der Waals surface area (Å²) in [5, 5.41) is 6.96. The molecule has 1 N–H and O–H groups in total. The van der Waals surface area contributed by atoms with E-state index in [1.54, 1.807) is 0 Å². The number of hydrogen-bond acceptors (Lipinski definition) is 5. The van der Waals surface area contributed by atoms with Crippen LogP contribution >= 0.6 is 0 Å². The van der Waals surface area contributed by atoms with Gasteiger partial charge in [0.25, 0.3) is 0 Å². The summed E-state index contributed by atoms with van der Waals surface area (Å²) in [6, 6.07) is 7.75. The molecule has 0 aliphatic carbocycles. The van der Waals surface area contributed by atoms with Crippen LogP contribution in [0.1, 0.15) is 36.0 Å². The van der Waals surface area contributed by atoms with Crippen molar-refractivity contribution in [2.75, 3.05) is 31.6 Å². The normalized spacial score (nSPS) is 21.9. The Morgan fingerprint density at radius 3 is 2.81 bits per heavy atom. The maximum atomic E-state index is 12.9. The Balaban J connectivity index is 1.55. The van der Waals surface area contributed by atoms with Crippen LogP contribution in [0.5, 0.6) is 0 Å². The smallest absolute Gasteiger partial charge is 0.321 e. The van der Waals surface area contributed by atoms with Crippen LogP contribution in [-0.2, 0) is 4.74 Å². The van der Waals surface area contributed by atoms with Gasteiger partial charge in [-0.15, -0.1) is 0 Å². The Hall–Kier alpha value is -2.41. The monoisotopic (exact) mass is 356 g/mol. The van der Waals surface area contributed by atoms with E-state index in [4.69, 9.17) is 9.26 Å². The number of ether oxygens (including phenoxy) is 1. The van der Waals surface area contributed by atoms with Crippen LogP contribution in [0, 0.1) is 19.3 Å². The third-order valence-corrected chi connectivity index (χ3v) is 5.53. The summed E-state index contributed by atoms with van der Waals surface area (Å²) < 4.78 is 11.0. The zero-order valence-corrected chi connectivity index (χ0v) is 15.2. The quantitative estimate of drug-likeness (QED) is 0.894. The molecule has 7 nitrogen and oxygen atoms in total. The number of aryl methyl sites for hydroxylation is 2. The number of rotatable bonds is 2. The zero-order valence-electron chi connectivity index (χ0n) is 15.2. The molecule has 7 heteroatoms. The first-order valence-electron chi connectivity index (χ1n) is 9.06. The summed E-state index contributed by atoms with van der Waals surface area (Å²) in [4.78, 5) is 19.2. The number of likely N-dealkylation sites (tertiary alicyclic amines) is 1. The molecule has 138 valence electrons. The van der Waals surface area contributed by atoms with Gasteiger partial charge in [0.2, 0.25) is 5.89 Å². The van der Waals surface area contributed by atoms with Gasteiger partial charge in [-0.3, -0.25) is 0 Å². The van der Waals surface area contributed by atoms with Crippen molar-refractivity contribution in [3.05, 3.63) is 41.5 Å². The van der Waals surface area contributed by atoms with E-state index >= 15 is 0 Å². The predicted molar refractivity (Wildman–Crippen MR) is 96.0 cm³/mol. The van der Waals surface area contributed by atoms with Crippen LogP contribution in [0.25, 0.3) is 0 Å². The summed E-state index contributed by atoms with van der Waals surface area (Å²) in [5.41, 5.74) is 1.87. The molecule has 0 radical (unpaired) electrons. The number of carbonyl (C=O) groups is 1. The molecule has 2 aromatic rings. The largest absolute Gasteiger partial charge is 0.381 e. The SMILES string of the molecule is Cc1cccc(NC(=O)N2CC(c3nc(C)no3)C3(CCOCC3)C2)c1. The van der Waals surface area contributed by atoms with Crippen molar-refractivity contribution in [2.45, 2.75) is 32.6 Å². The number of benzene rings is 1. The minimum absolute atomic E-state index is 0.0517. The molecular weight excluding hydrogens is 332 g/mol. The van der Waals surface area contributed by atoms with Crippen molar-refractivity contribution in [1.82, 2.24) is 15.0 Å². The Labute approximate surface area is 152 Å². The van der Waals surface area contributed by atoms with E-state index in [1.807, 2.05) is 43.0 Å². The molecule has 3 heterocycles. The first-order chi connectivity index (χ1) is 12.6. The number of nitrogens with one attached hydrogen (secondary N) is 1. The standard InChI is InChI=1S/C19H24N4O3/c1-13-4-3-5-15(10-13)21-18(24)23-11-16(17-20-14(2)22-26-17)19(12-23)6-8-25-9-7-19/h3-5,10,16H,6-9,11-12H2,1-2H3,(H,21,24). The Kier molecular flexibility index (Phi) is 4.40. The van der Waals surface area contributed by atoms with Gasteiger partial charge in [-0.25, -0.2) is 4.79 Å². The summed E-state index contributed by atoms with van der Waals surface area (Å²) in [6.45, 7) is 6.50. The second kappa shape index (κ2) is 6.72. The maximum Gasteiger partial charge on any atom is 0.321 e. The molecule has 1 unspecified atom stereocenters. The number of urea groups is 1. The molecule has 0 saturated carbocycles. The lowest BCUT2D eigenvalue weighted by molar-refractivity contribution is 0.00959. The van der Waals surface area contributed by atoms with Gasteiger partial charge in [-0.2, -0.15) is 4.98 Å². The van der Waals surface area contributed by atoms with E-state index in [0.717, 1.165) is 24.1 Å². The average molecular weight is 356 g/mol. The highest BCUT2D eigenvalue weighted by Gasteiger charge is 2.51. The number of anilines is 1. The highest BCUT2D eigenvalue weighted by molar-refractivity contribution is 5.89. The van der Waals surface area contributed by atoms with E-state index < -0.39 is 0 Å². The van der Waals surface area contributed by atoms with Gasteiger partial charge in [0.1, 0.15) is 0 Å². The van der Waals surface area contributed by atoms with Crippen molar-refractivity contribution in [3.63, 3.8) is 0 Å². The molecule has 2 aliphatic rings. The second-order valence-electron chi connectivity index (χ2n) is 7.39. The molecule has 0 bridgehead atoms. The topological polar surface area (TPSA) is 80.5 Å². The van der Waals surface area contributed by atoms with Gasteiger partial charge < -0.3 is 19.5 Å². The minimum Gasteiger partial charge on any atom is -0.381 e. The molecule has 2 amide bonds. The molecule has 26 heavy (non-hydrogen) atoms. The average Bonchev–Trinajstić information content (AvgIpc) is 3.20. The second-order valence-corrected chi connectivity index (χ2v) is 7.39. The first-order valence-corrected chi connectivity index (χ1v) is 9.06. The fourth-order valence-corrected chi connectivity index (χ4v) is 4.13. The highest BCUT2D eigenvalue weighted by atomic mass is 16.5. The van der Waals surface area contributed by atoms with Crippen LogP contribution in [0.4, 0.5) is 10.5 Å². The van der Waals surface area contributed by atoms with E-state index in [0.29, 0.717) is 38.0 Å². The zero-order chi connectivity index (χ0) is 18.1. The van der Waals surface area contributed by atoms with Crippen LogP contribution < -0.4 is 5.32 Å². The molecule has 1 aromatic heterocycles. The number of carbonyl (C=O) groups excluding carboxylic acids is 1. The van der Waals surface area contributed by atoms with Gasteiger partial charge in [0, 0.05) is 37.4 Å². The van der Waals surface area contributed by atoms with Crippen molar-refractivity contribution in [1.29, 1.82) is 0 Å². The molecule has 1 spiro atoms. The summed E-state index contributed by atoms with van der Waals surface area (Å²) in [7, 11) is 0. The Morgan fingerprint density at radius 2 is 2.12 bits per heavy atom. The van der Waals surface area contributed by atoms with Crippen LogP contribution in [-0.4, -0.2) is 47.4 Å². The molecule has 2 fully saturated rings. The fraction of sp³-hybridized carbons (Fsp3) is 0.526. The van der Waals surface area contributed by atoms with E-state index in [1.165, 1.54) is 0 Å². The first kappa shape index (κ1) is 17.0. The van der Waals surface area contributed by atoms with Gasteiger partial charge in [-0.05, 0) is 44.4 Å². The van der Waals surface area contributed by atoms with Crippen molar-refractivity contribution in [3.8, 4) is 0 Å². The number of aromatic nitrogens is 2. The predicted octanol–water partition coefficient (Wildman–Crippen LogP) is 3.11. The molecule has 4 rings (SSSR count). The summed E-state index contributed by atoms with van der Waals surface area (Å²) >= 11 is 0. The molecule has 2 aliphatic heterocycles.